The molecule has 2 aliphatic rings. The molecule has 0 unspecified atom stereocenters. The van der Waals surface area contributed by atoms with E-state index in [2.05, 4.69) is 25.1 Å². The molecule has 0 bridgehead atoms. The van der Waals surface area contributed by atoms with Crippen molar-refractivity contribution in [1.29, 1.82) is 0 Å². The number of halogens is 1. The van der Waals surface area contributed by atoms with Crippen LogP contribution in [0, 0.1) is 5.92 Å². The number of aliphatic imine (C=N–C) groups is 1. The molecule has 2 rings (SSSR count). The van der Waals surface area contributed by atoms with Crippen molar-refractivity contribution in [1.82, 2.24) is 0 Å². The van der Waals surface area contributed by atoms with Crippen LogP contribution in [0.5, 0.6) is 0 Å². The zero-order chi connectivity index (χ0) is 16.4. The van der Waals surface area contributed by atoms with E-state index in [4.69, 9.17) is 0 Å². The van der Waals surface area contributed by atoms with Gasteiger partial charge < -0.3 is 0 Å². The highest BCUT2D eigenvalue weighted by molar-refractivity contribution is 6.03. The Bertz CT molecular complexity index is 637. The molecule has 0 N–H and O–H groups in total. The first-order valence-corrected chi connectivity index (χ1v) is 8.00. The third kappa shape index (κ3) is 4.16. The van der Waals surface area contributed by atoms with Gasteiger partial charge in [-0.3, -0.25) is 4.99 Å². The molecular formula is C20H26FN. The molecule has 0 aromatic heterocycles. The van der Waals surface area contributed by atoms with Gasteiger partial charge in [0, 0.05) is 5.71 Å². The van der Waals surface area contributed by atoms with Gasteiger partial charge in [-0.2, -0.15) is 0 Å². The molecule has 2 heteroatoms. The third-order valence-corrected chi connectivity index (χ3v) is 4.46. The molecule has 1 saturated carbocycles. The molecule has 0 radical (unpaired) electrons. The molecule has 2 aliphatic carbocycles. The topological polar surface area (TPSA) is 12.4 Å². The zero-order valence-electron chi connectivity index (χ0n) is 14.2. The summed E-state index contributed by atoms with van der Waals surface area (Å²) in [5.41, 5.74) is 6.55. The van der Waals surface area contributed by atoms with Gasteiger partial charge in [0.15, 0.2) is 0 Å². The monoisotopic (exact) mass is 299 g/mol. The second kappa shape index (κ2) is 6.60. The molecule has 118 valence electrons. The van der Waals surface area contributed by atoms with E-state index in [0.29, 0.717) is 5.57 Å². The Kier molecular flexibility index (Phi) is 5.00. The van der Waals surface area contributed by atoms with E-state index in [1.54, 1.807) is 13.0 Å². The molecule has 0 aromatic carbocycles. The van der Waals surface area contributed by atoms with Crippen LogP contribution in [-0.4, -0.2) is 5.71 Å². The van der Waals surface area contributed by atoms with E-state index >= 15 is 0 Å². The molecule has 0 spiro atoms. The van der Waals surface area contributed by atoms with Crippen LogP contribution in [0.25, 0.3) is 0 Å². The molecule has 1 nitrogen and oxygen atoms in total. The molecule has 1 fully saturated rings. The van der Waals surface area contributed by atoms with Crippen LogP contribution >= 0.6 is 0 Å². The quantitative estimate of drug-likeness (QED) is 0.390. The van der Waals surface area contributed by atoms with Crippen molar-refractivity contribution in [3.63, 3.8) is 0 Å². The summed E-state index contributed by atoms with van der Waals surface area (Å²) < 4.78 is 14.1. The van der Waals surface area contributed by atoms with Gasteiger partial charge in [-0.05, 0) is 74.8 Å². The Balaban J connectivity index is 2.27. The average molecular weight is 299 g/mol. The van der Waals surface area contributed by atoms with Crippen LogP contribution in [0.15, 0.2) is 63.6 Å². The lowest BCUT2D eigenvalue weighted by Gasteiger charge is -2.09. The highest BCUT2D eigenvalue weighted by Gasteiger charge is 2.24. The van der Waals surface area contributed by atoms with Crippen molar-refractivity contribution >= 4 is 5.71 Å². The predicted octanol–water partition coefficient (Wildman–Crippen LogP) is 6.23. The van der Waals surface area contributed by atoms with Gasteiger partial charge in [0.2, 0.25) is 0 Å². The van der Waals surface area contributed by atoms with Crippen molar-refractivity contribution in [3.8, 4) is 0 Å². The highest BCUT2D eigenvalue weighted by Crippen LogP contribution is 2.38. The average Bonchev–Trinajstić information content (AvgIpc) is 3.37. The van der Waals surface area contributed by atoms with Gasteiger partial charge in [0.1, 0.15) is 5.83 Å². The Labute approximate surface area is 133 Å². The maximum Gasteiger partial charge on any atom is 0.126 e. The van der Waals surface area contributed by atoms with Crippen LogP contribution in [0.2, 0.25) is 0 Å². The lowest BCUT2D eigenvalue weighted by Crippen LogP contribution is -2.00. The zero-order valence-corrected chi connectivity index (χ0v) is 14.2. The fourth-order valence-electron chi connectivity index (χ4n) is 2.45. The van der Waals surface area contributed by atoms with Crippen molar-refractivity contribution in [3.05, 3.63) is 58.6 Å². The van der Waals surface area contributed by atoms with Crippen LogP contribution in [0.3, 0.4) is 0 Å². The molecule has 0 amide bonds. The molecule has 0 aromatic rings. The number of allylic oxidation sites excluding steroid dienone is 7. The first-order chi connectivity index (χ1) is 10.3. The van der Waals surface area contributed by atoms with E-state index in [1.807, 2.05) is 13.8 Å². The minimum absolute atomic E-state index is 0.268. The Morgan fingerprint density at radius 1 is 1.32 bits per heavy atom. The van der Waals surface area contributed by atoms with Gasteiger partial charge in [-0.25, -0.2) is 4.39 Å². The van der Waals surface area contributed by atoms with E-state index < -0.39 is 0 Å². The van der Waals surface area contributed by atoms with Gasteiger partial charge in [0.25, 0.3) is 0 Å². The SMILES string of the molecule is C=C1C(C)=C1N=C(C)C(/C=C(/F)C(=C)C)=C(/C)CCC1CC1. The first-order valence-electron chi connectivity index (χ1n) is 8.00. The van der Waals surface area contributed by atoms with E-state index in [-0.39, 0.29) is 5.83 Å². The number of hydrogen-bond donors (Lipinski definition) is 0. The number of nitrogens with zero attached hydrogens (tertiary/aromatic N) is 1. The summed E-state index contributed by atoms with van der Waals surface area (Å²) in [7, 11) is 0. The van der Waals surface area contributed by atoms with Gasteiger partial charge in [-0.15, -0.1) is 0 Å². The first kappa shape index (κ1) is 16.7. The predicted molar refractivity (Wildman–Crippen MR) is 93.6 cm³/mol. The molecule has 22 heavy (non-hydrogen) atoms. The fourth-order valence-corrected chi connectivity index (χ4v) is 2.45. The van der Waals surface area contributed by atoms with Gasteiger partial charge in [-0.1, -0.05) is 31.6 Å². The lowest BCUT2D eigenvalue weighted by atomic mass is 9.98. The minimum atomic E-state index is -0.268. The molecule has 0 atom stereocenters. The van der Waals surface area contributed by atoms with Crippen LogP contribution < -0.4 is 0 Å². The summed E-state index contributed by atoms with van der Waals surface area (Å²) in [6.07, 6.45) is 6.48. The van der Waals surface area contributed by atoms with Crippen molar-refractivity contribution in [2.75, 3.05) is 0 Å². The smallest absolute Gasteiger partial charge is 0.126 e. The van der Waals surface area contributed by atoms with Gasteiger partial charge >= 0.3 is 0 Å². The largest absolute Gasteiger partial charge is 0.252 e. The van der Waals surface area contributed by atoms with E-state index in [1.165, 1.54) is 24.8 Å². The lowest BCUT2D eigenvalue weighted by molar-refractivity contribution is 0.651. The van der Waals surface area contributed by atoms with E-state index in [0.717, 1.165) is 40.5 Å². The Morgan fingerprint density at radius 3 is 2.36 bits per heavy atom. The Morgan fingerprint density at radius 2 is 1.91 bits per heavy atom. The molecule has 0 saturated heterocycles. The van der Waals surface area contributed by atoms with E-state index in [9.17, 15) is 4.39 Å². The van der Waals surface area contributed by atoms with Crippen molar-refractivity contribution < 1.29 is 4.39 Å². The summed E-state index contributed by atoms with van der Waals surface area (Å²) in [5, 5.41) is 0. The summed E-state index contributed by atoms with van der Waals surface area (Å²) in [4.78, 5) is 4.63. The summed E-state index contributed by atoms with van der Waals surface area (Å²) in [6.45, 7) is 15.4. The highest BCUT2D eigenvalue weighted by atomic mass is 19.1. The molecule has 0 heterocycles. The van der Waals surface area contributed by atoms with Crippen molar-refractivity contribution in [2.24, 2.45) is 10.9 Å². The fraction of sp³-hybridized carbons (Fsp3) is 0.450. The summed E-state index contributed by atoms with van der Waals surface area (Å²) >= 11 is 0. The van der Waals surface area contributed by atoms with Gasteiger partial charge in [0.05, 0.1) is 5.70 Å². The maximum atomic E-state index is 14.1. The Hall–Kier alpha value is -1.70. The van der Waals surface area contributed by atoms with Crippen LogP contribution in [-0.2, 0) is 0 Å². The minimum Gasteiger partial charge on any atom is -0.252 e. The summed E-state index contributed by atoms with van der Waals surface area (Å²) in [6, 6.07) is 0. The molecule has 0 aliphatic heterocycles. The number of rotatable bonds is 7. The standard InChI is InChI=1S/C20H26FN/c1-12(2)19(21)11-18(13(3)7-8-17-9-10-17)16(6)22-20-14(4)15(20)5/h11,17H,1,4,7-10H2,2-3,5-6H3/b18-13-,19-11+,22-16?. The normalized spacial score (nSPS) is 20.3. The third-order valence-electron chi connectivity index (χ3n) is 4.46. The maximum absolute atomic E-state index is 14.1. The number of hydrogen-bond acceptors (Lipinski definition) is 1. The molecular weight excluding hydrogens is 273 g/mol. The second-order valence-corrected chi connectivity index (χ2v) is 6.60. The second-order valence-electron chi connectivity index (χ2n) is 6.60. The van der Waals surface area contributed by atoms with Crippen molar-refractivity contribution in [2.45, 2.75) is 53.4 Å². The summed E-state index contributed by atoms with van der Waals surface area (Å²) in [5.74, 6) is 0.604. The van der Waals surface area contributed by atoms with Crippen LogP contribution in [0.4, 0.5) is 4.39 Å². The van der Waals surface area contributed by atoms with Crippen LogP contribution in [0.1, 0.15) is 53.4 Å².